The molecular weight excluding hydrogens is 548 g/mol. The third kappa shape index (κ3) is 5.16. The monoisotopic (exact) mass is 576 g/mol. The second kappa shape index (κ2) is 10.3. The lowest BCUT2D eigenvalue weighted by molar-refractivity contribution is -0.348. The predicted octanol–water partition coefficient (Wildman–Crippen LogP) is 6.26. The maximum absolute atomic E-state index is 14.6. The number of amides is 2. The Kier molecular flexibility index (Phi) is 7.70. The van der Waals surface area contributed by atoms with E-state index in [1.807, 2.05) is 0 Å². The van der Waals surface area contributed by atoms with Gasteiger partial charge in [-0.2, -0.15) is 26.3 Å². The normalized spacial score (nSPS) is 23.0. The Morgan fingerprint density at radius 1 is 0.825 bits per heavy atom. The van der Waals surface area contributed by atoms with Crippen LogP contribution in [0, 0.1) is 11.7 Å². The minimum absolute atomic E-state index is 0.0900. The van der Waals surface area contributed by atoms with Crippen molar-refractivity contribution in [2.24, 2.45) is 5.92 Å². The van der Waals surface area contributed by atoms with Crippen molar-refractivity contribution in [2.75, 3.05) is 26.2 Å². The molecule has 2 saturated heterocycles. The molecule has 2 aliphatic rings. The van der Waals surface area contributed by atoms with Crippen LogP contribution >= 0.6 is 0 Å². The largest absolute Gasteiger partial charge is 0.435 e. The molecule has 0 bridgehead atoms. The molecule has 2 atom stereocenters. The highest BCUT2D eigenvalue weighted by Crippen LogP contribution is 2.54. The summed E-state index contributed by atoms with van der Waals surface area (Å²) in [5.74, 6) is -1.73. The maximum Gasteiger partial charge on any atom is 0.435 e. The summed E-state index contributed by atoms with van der Waals surface area (Å²) in [4.78, 5) is 28.4. The van der Waals surface area contributed by atoms with Gasteiger partial charge in [-0.3, -0.25) is 9.59 Å². The lowest BCUT2D eigenvalue weighted by Gasteiger charge is -2.33. The van der Waals surface area contributed by atoms with E-state index in [0.717, 1.165) is 12.1 Å². The Balaban J connectivity index is 1.67. The van der Waals surface area contributed by atoms with Crippen LogP contribution in [0.25, 0.3) is 0 Å². The number of hydrogen-bond donors (Lipinski definition) is 0. The lowest BCUT2D eigenvalue weighted by atomic mass is 9.71. The van der Waals surface area contributed by atoms with Crippen LogP contribution in [0.1, 0.15) is 49.3 Å². The van der Waals surface area contributed by atoms with E-state index >= 15 is 0 Å². The molecule has 0 unspecified atom stereocenters. The molecule has 0 N–H and O–H groups in total. The van der Waals surface area contributed by atoms with Gasteiger partial charge in [0.15, 0.2) is 0 Å². The number of alkyl halides is 7. The van der Waals surface area contributed by atoms with Gasteiger partial charge in [0.2, 0.25) is 11.8 Å². The average molecular weight is 577 g/mol. The molecule has 2 fully saturated rings. The summed E-state index contributed by atoms with van der Waals surface area (Å²) < 4.78 is 108. The van der Waals surface area contributed by atoms with Crippen molar-refractivity contribution >= 4 is 11.8 Å². The fourth-order valence-corrected chi connectivity index (χ4v) is 5.89. The first-order valence-electron chi connectivity index (χ1n) is 12.7. The number of benzene rings is 2. The highest BCUT2D eigenvalue weighted by atomic mass is 19.4. The van der Waals surface area contributed by atoms with Crippen molar-refractivity contribution in [3.8, 4) is 0 Å². The Labute approximate surface area is 225 Å². The van der Waals surface area contributed by atoms with Crippen molar-refractivity contribution in [2.45, 2.75) is 56.0 Å². The third-order valence-electron chi connectivity index (χ3n) is 8.29. The molecule has 40 heavy (non-hydrogen) atoms. The van der Waals surface area contributed by atoms with Gasteiger partial charge in [0.1, 0.15) is 5.82 Å². The van der Waals surface area contributed by atoms with E-state index in [2.05, 4.69) is 0 Å². The number of piperidine rings is 1. The van der Waals surface area contributed by atoms with E-state index in [1.54, 1.807) is 16.7 Å². The average Bonchev–Trinajstić information content (AvgIpc) is 3.25. The summed E-state index contributed by atoms with van der Waals surface area (Å²) in [5.41, 5.74) is -7.10. The van der Waals surface area contributed by atoms with Crippen LogP contribution in [0.4, 0.5) is 35.1 Å². The minimum Gasteiger partial charge on any atom is -0.343 e. The molecule has 4 rings (SSSR count). The van der Waals surface area contributed by atoms with Crippen LogP contribution in [-0.2, 0) is 20.7 Å². The Morgan fingerprint density at radius 2 is 1.35 bits per heavy atom. The molecule has 2 aromatic rings. The van der Waals surface area contributed by atoms with E-state index in [-0.39, 0.29) is 30.8 Å². The summed E-state index contributed by atoms with van der Waals surface area (Å²) in [7, 11) is 0. The number of carbonyl (C=O) groups excluding carboxylic acids is 2. The fourth-order valence-electron chi connectivity index (χ4n) is 5.89. The van der Waals surface area contributed by atoms with Gasteiger partial charge in [0.25, 0.3) is 0 Å². The zero-order valence-corrected chi connectivity index (χ0v) is 21.8. The number of nitrogens with zero attached hydrogens (tertiary/aromatic N) is 2. The molecule has 2 heterocycles. The van der Waals surface area contributed by atoms with Crippen molar-refractivity contribution in [1.29, 1.82) is 0 Å². The molecule has 0 radical (unpaired) electrons. The Morgan fingerprint density at radius 3 is 1.82 bits per heavy atom. The summed E-state index contributed by atoms with van der Waals surface area (Å²) in [6, 6.07) is 8.50. The fraction of sp³-hybridized carbons (Fsp3) is 0.500. The third-order valence-corrected chi connectivity index (χ3v) is 8.29. The minimum atomic E-state index is -6.23. The first-order chi connectivity index (χ1) is 18.5. The molecule has 0 aliphatic carbocycles. The van der Waals surface area contributed by atoms with Gasteiger partial charge in [-0.05, 0) is 36.1 Å². The standard InChI is InChI=1S/C28H28F8N2O2/c1-17(39)37-13-11-19(12-14-37)24(40)38-15-23(25(2,16-38)20-7-9-22(29)10-8-20)18-3-5-21(6-4-18)26(30,27(31,32)33)28(34,35)36/h3-10,19,23H,11-16H2,1-2H3/t23-,25+/m0/s1. The predicted molar refractivity (Wildman–Crippen MR) is 129 cm³/mol. The summed E-state index contributed by atoms with van der Waals surface area (Å²) in [6.07, 6.45) is -11.6. The highest BCUT2D eigenvalue weighted by Gasteiger charge is 2.73. The van der Waals surface area contributed by atoms with E-state index in [4.69, 9.17) is 0 Å². The van der Waals surface area contributed by atoms with Crippen molar-refractivity contribution in [1.82, 2.24) is 9.80 Å². The van der Waals surface area contributed by atoms with Crippen LogP contribution in [0.5, 0.6) is 0 Å². The molecule has 12 heteroatoms. The van der Waals surface area contributed by atoms with Crippen molar-refractivity contribution in [3.05, 3.63) is 71.0 Å². The quantitative estimate of drug-likeness (QED) is 0.404. The van der Waals surface area contributed by atoms with E-state index < -0.39 is 40.7 Å². The highest BCUT2D eigenvalue weighted by molar-refractivity contribution is 5.80. The molecular formula is C28H28F8N2O2. The zero-order chi connectivity index (χ0) is 29.7. The van der Waals surface area contributed by atoms with Crippen LogP contribution in [0.2, 0.25) is 0 Å². The molecule has 2 amide bonds. The Bertz CT molecular complexity index is 1220. The molecule has 2 aliphatic heterocycles. The number of carbonyl (C=O) groups is 2. The first-order valence-corrected chi connectivity index (χ1v) is 12.7. The van der Waals surface area contributed by atoms with Crippen LogP contribution < -0.4 is 0 Å². The summed E-state index contributed by atoms with van der Waals surface area (Å²) in [6.45, 7) is 4.33. The van der Waals surface area contributed by atoms with Gasteiger partial charge < -0.3 is 9.80 Å². The molecule has 0 spiro atoms. The summed E-state index contributed by atoms with van der Waals surface area (Å²) in [5, 5.41) is 0. The molecule has 0 aromatic heterocycles. The van der Waals surface area contributed by atoms with Gasteiger partial charge in [-0.1, -0.05) is 43.3 Å². The van der Waals surface area contributed by atoms with Crippen LogP contribution in [0.15, 0.2) is 48.5 Å². The van der Waals surface area contributed by atoms with Crippen molar-refractivity contribution in [3.63, 3.8) is 0 Å². The lowest BCUT2D eigenvalue weighted by Crippen LogP contribution is -2.50. The second-order valence-electron chi connectivity index (χ2n) is 10.8. The first kappa shape index (κ1) is 29.8. The smallest absolute Gasteiger partial charge is 0.343 e. The second-order valence-corrected chi connectivity index (χ2v) is 10.8. The van der Waals surface area contributed by atoms with Crippen LogP contribution in [-0.4, -0.2) is 60.1 Å². The van der Waals surface area contributed by atoms with Crippen molar-refractivity contribution < 1.29 is 44.7 Å². The zero-order valence-electron chi connectivity index (χ0n) is 21.8. The van der Waals surface area contributed by atoms with E-state index in [1.165, 1.54) is 31.2 Å². The molecule has 0 saturated carbocycles. The van der Waals surface area contributed by atoms with Gasteiger partial charge >= 0.3 is 18.0 Å². The van der Waals surface area contributed by atoms with E-state index in [0.29, 0.717) is 49.2 Å². The number of rotatable bonds is 4. The maximum atomic E-state index is 14.6. The number of hydrogen-bond acceptors (Lipinski definition) is 2. The molecule has 4 nitrogen and oxygen atoms in total. The Hall–Kier alpha value is -3.18. The SMILES string of the molecule is CC(=O)N1CCC(C(=O)N2C[C@@H](c3ccc(C(F)(C(F)(F)F)C(F)(F)F)cc3)[C@@](C)(c3ccc(F)cc3)C2)CC1. The van der Waals surface area contributed by atoms with Gasteiger partial charge in [-0.25, -0.2) is 8.78 Å². The molecule has 218 valence electrons. The van der Waals surface area contributed by atoms with Crippen LogP contribution in [0.3, 0.4) is 0 Å². The molecule has 2 aromatic carbocycles. The number of likely N-dealkylation sites (tertiary alicyclic amines) is 2. The van der Waals surface area contributed by atoms with Gasteiger partial charge in [-0.15, -0.1) is 0 Å². The van der Waals surface area contributed by atoms with Gasteiger partial charge in [0.05, 0.1) is 0 Å². The van der Waals surface area contributed by atoms with E-state index in [9.17, 15) is 44.7 Å². The number of halogens is 8. The topological polar surface area (TPSA) is 40.6 Å². The van der Waals surface area contributed by atoms with Gasteiger partial charge in [0, 0.05) is 55.9 Å². The summed E-state index contributed by atoms with van der Waals surface area (Å²) >= 11 is 0.